The van der Waals surface area contributed by atoms with E-state index in [-0.39, 0.29) is 17.5 Å². The quantitative estimate of drug-likeness (QED) is 0.785. The number of benzene rings is 1. The zero-order valence-electron chi connectivity index (χ0n) is 13.7. The van der Waals surface area contributed by atoms with Gasteiger partial charge in [-0.05, 0) is 32.5 Å². The van der Waals surface area contributed by atoms with E-state index in [1.165, 1.54) is 0 Å². The lowest BCUT2D eigenvalue weighted by Gasteiger charge is -2.30. The molecule has 2 aromatic rings. The van der Waals surface area contributed by atoms with Crippen molar-refractivity contribution in [2.24, 2.45) is 5.92 Å². The van der Waals surface area contributed by atoms with Crippen molar-refractivity contribution in [3.63, 3.8) is 0 Å². The van der Waals surface area contributed by atoms with Crippen LogP contribution in [0.1, 0.15) is 36.0 Å². The summed E-state index contributed by atoms with van der Waals surface area (Å²) in [5.74, 6) is -1.46. The summed E-state index contributed by atoms with van der Waals surface area (Å²) in [7, 11) is 0. The molecule has 1 aromatic carbocycles. The Hall–Kier alpha value is -2.22. The summed E-state index contributed by atoms with van der Waals surface area (Å²) in [5.41, 5.74) is 0.926. The van der Waals surface area contributed by atoms with E-state index in [0.29, 0.717) is 11.1 Å². The zero-order valence-corrected chi connectivity index (χ0v) is 13.7. The van der Waals surface area contributed by atoms with Crippen molar-refractivity contribution in [2.75, 3.05) is 19.6 Å². The number of alkyl halides is 3. The number of rotatable bonds is 4. The van der Waals surface area contributed by atoms with Gasteiger partial charge < -0.3 is 9.42 Å². The van der Waals surface area contributed by atoms with Crippen molar-refractivity contribution in [2.45, 2.75) is 25.9 Å². The van der Waals surface area contributed by atoms with Crippen molar-refractivity contribution in [3.8, 4) is 11.4 Å². The van der Waals surface area contributed by atoms with Gasteiger partial charge in [-0.15, -0.1) is 0 Å². The number of Topliss-reactive ketones (excluding diaryl/α,β-unsaturated/α-hetero) is 1. The fourth-order valence-electron chi connectivity index (χ4n) is 2.99. The van der Waals surface area contributed by atoms with Crippen molar-refractivity contribution < 1.29 is 22.5 Å². The summed E-state index contributed by atoms with van der Waals surface area (Å²) in [4.78, 5) is 18.2. The van der Waals surface area contributed by atoms with Crippen LogP contribution in [0.5, 0.6) is 0 Å². The Morgan fingerprint density at radius 3 is 2.40 bits per heavy atom. The van der Waals surface area contributed by atoms with Crippen molar-refractivity contribution in [3.05, 3.63) is 35.7 Å². The average Bonchev–Trinajstić information content (AvgIpc) is 3.12. The Morgan fingerprint density at radius 1 is 1.24 bits per heavy atom. The molecule has 1 aliphatic rings. The Kier molecular flexibility index (Phi) is 4.89. The minimum absolute atomic E-state index is 0.00402. The SMILES string of the molecule is CCN1CCC(C(=O)c2ccc(-c3noc(C(F)(F)F)n3)cc2)CC1. The van der Waals surface area contributed by atoms with Crippen LogP contribution < -0.4 is 0 Å². The van der Waals surface area contributed by atoms with Crippen LogP contribution >= 0.6 is 0 Å². The summed E-state index contributed by atoms with van der Waals surface area (Å²) in [6.07, 6.45) is -3.02. The van der Waals surface area contributed by atoms with Crippen LogP contribution in [0.4, 0.5) is 13.2 Å². The molecule has 0 N–H and O–H groups in total. The molecule has 8 heteroatoms. The Morgan fingerprint density at radius 2 is 1.88 bits per heavy atom. The smallest absolute Gasteiger partial charge is 0.329 e. The minimum Gasteiger partial charge on any atom is -0.329 e. The third kappa shape index (κ3) is 3.89. The van der Waals surface area contributed by atoms with Crippen LogP contribution in [0.25, 0.3) is 11.4 Å². The van der Waals surface area contributed by atoms with Crippen LogP contribution in [-0.4, -0.2) is 40.5 Å². The summed E-state index contributed by atoms with van der Waals surface area (Å²) >= 11 is 0. The van der Waals surface area contributed by atoms with Gasteiger partial charge in [0.1, 0.15) is 0 Å². The highest BCUT2D eigenvalue weighted by Gasteiger charge is 2.38. The molecule has 0 saturated carbocycles. The molecular formula is C17H18F3N3O2. The van der Waals surface area contributed by atoms with E-state index in [4.69, 9.17) is 0 Å². The summed E-state index contributed by atoms with van der Waals surface area (Å²) in [5, 5.41) is 3.34. The molecule has 1 saturated heterocycles. The number of halogens is 3. The van der Waals surface area contributed by atoms with Crippen LogP contribution in [-0.2, 0) is 6.18 Å². The molecule has 0 radical (unpaired) electrons. The van der Waals surface area contributed by atoms with E-state index in [1.54, 1.807) is 24.3 Å². The second-order valence-corrected chi connectivity index (χ2v) is 6.07. The van der Waals surface area contributed by atoms with Gasteiger partial charge in [-0.3, -0.25) is 4.79 Å². The number of aromatic nitrogens is 2. The predicted molar refractivity (Wildman–Crippen MR) is 83.9 cm³/mol. The van der Waals surface area contributed by atoms with Gasteiger partial charge in [0, 0.05) is 17.0 Å². The highest BCUT2D eigenvalue weighted by atomic mass is 19.4. The molecular weight excluding hydrogens is 335 g/mol. The molecule has 1 aliphatic heterocycles. The van der Waals surface area contributed by atoms with Gasteiger partial charge in [-0.2, -0.15) is 18.2 Å². The lowest BCUT2D eigenvalue weighted by molar-refractivity contribution is -0.159. The molecule has 1 aromatic heterocycles. The van der Waals surface area contributed by atoms with E-state index in [1.807, 2.05) is 0 Å². The molecule has 0 bridgehead atoms. The molecule has 0 atom stereocenters. The number of nitrogens with zero attached hydrogens (tertiary/aromatic N) is 3. The van der Waals surface area contributed by atoms with E-state index in [2.05, 4.69) is 26.5 Å². The third-order valence-corrected chi connectivity index (χ3v) is 4.50. The molecule has 0 unspecified atom stereocenters. The van der Waals surface area contributed by atoms with E-state index in [0.717, 1.165) is 32.5 Å². The molecule has 1 fully saturated rings. The fraction of sp³-hybridized carbons (Fsp3) is 0.471. The summed E-state index contributed by atoms with van der Waals surface area (Å²) in [6.45, 7) is 4.91. The van der Waals surface area contributed by atoms with Gasteiger partial charge >= 0.3 is 12.1 Å². The van der Waals surface area contributed by atoms with Crippen molar-refractivity contribution in [1.82, 2.24) is 15.0 Å². The first-order valence-corrected chi connectivity index (χ1v) is 8.16. The van der Waals surface area contributed by atoms with Crippen LogP contribution in [0.15, 0.2) is 28.8 Å². The molecule has 2 heterocycles. The van der Waals surface area contributed by atoms with Crippen molar-refractivity contribution >= 4 is 5.78 Å². The van der Waals surface area contributed by atoms with Gasteiger partial charge in [-0.1, -0.05) is 36.3 Å². The molecule has 5 nitrogen and oxygen atoms in total. The second-order valence-electron chi connectivity index (χ2n) is 6.07. The second kappa shape index (κ2) is 6.95. The standard InChI is InChI=1S/C17H18F3N3O2/c1-2-23-9-7-12(8-10-23)14(24)11-3-5-13(6-4-11)15-21-16(25-22-15)17(18,19)20/h3-6,12H,2,7-10H2,1H3. The molecule has 0 amide bonds. The summed E-state index contributed by atoms with van der Waals surface area (Å²) in [6, 6.07) is 6.29. The molecule has 3 rings (SSSR count). The number of piperidine rings is 1. The molecule has 25 heavy (non-hydrogen) atoms. The monoisotopic (exact) mass is 353 g/mol. The maximum absolute atomic E-state index is 12.6. The first-order chi connectivity index (χ1) is 11.9. The van der Waals surface area contributed by atoms with E-state index in [9.17, 15) is 18.0 Å². The van der Waals surface area contributed by atoms with Gasteiger partial charge in [0.05, 0.1) is 0 Å². The number of likely N-dealkylation sites (tertiary alicyclic amines) is 1. The van der Waals surface area contributed by atoms with Gasteiger partial charge in [0.15, 0.2) is 5.78 Å². The van der Waals surface area contributed by atoms with E-state index < -0.39 is 12.1 Å². The average molecular weight is 353 g/mol. The van der Waals surface area contributed by atoms with Crippen LogP contribution in [0, 0.1) is 5.92 Å². The van der Waals surface area contributed by atoms with Crippen molar-refractivity contribution in [1.29, 1.82) is 0 Å². The highest BCUT2D eigenvalue weighted by Crippen LogP contribution is 2.29. The number of ketones is 1. The normalized spacial score (nSPS) is 17.0. The lowest BCUT2D eigenvalue weighted by atomic mass is 9.88. The molecule has 134 valence electrons. The molecule has 0 spiro atoms. The fourth-order valence-corrected chi connectivity index (χ4v) is 2.99. The Labute approximate surface area is 142 Å². The first-order valence-electron chi connectivity index (χ1n) is 8.16. The number of carbonyl (C=O) groups excluding carboxylic acids is 1. The topological polar surface area (TPSA) is 59.2 Å². The van der Waals surface area contributed by atoms with Crippen LogP contribution in [0.3, 0.4) is 0 Å². The predicted octanol–water partition coefficient (Wildman–Crippen LogP) is 3.67. The van der Waals surface area contributed by atoms with Gasteiger partial charge in [0.25, 0.3) is 0 Å². The summed E-state index contributed by atoms with van der Waals surface area (Å²) < 4.78 is 41.7. The Bertz CT molecular complexity index is 732. The first kappa shape index (κ1) is 17.6. The maximum atomic E-state index is 12.6. The molecule has 0 aliphatic carbocycles. The zero-order chi connectivity index (χ0) is 18.0. The minimum atomic E-state index is -4.67. The van der Waals surface area contributed by atoms with E-state index >= 15 is 0 Å². The number of carbonyl (C=O) groups is 1. The largest absolute Gasteiger partial charge is 0.471 e. The lowest BCUT2D eigenvalue weighted by Crippen LogP contribution is -2.36. The van der Waals surface area contributed by atoms with Gasteiger partial charge in [-0.25, -0.2) is 0 Å². The number of hydrogen-bond acceptors (Lipinski definition) is 5. The van der Waals surface area contributed by atoms with Gasteiger partial charge in [0.2, 0.25) is 5.82 Å². The number of hydrogen-bond donors (Lipinski definition) is 0. The Balaban J connectivity index is 1.70. The van der Waals surface area contributed by atoms with Crippen LogP contribution in [0.2, 0.25) is 0 Å². The third-order valence-electron chi connectivity index (χ3n) is 4.50. The highest BCUT2D eigenvalue weighted by molar-refractivity contribution is 5.98. The maximum Gasteiger partial charge on any atom is 0.471 e.